The molecule has 0 amide bonds. The number of anilines is 1. The second-order valence-corrected chi connectivity index (χ2v) is 6.15. The average molecular weight is 285 g/mol. The summed E-state index contributed by atoms with van der Waals surface area (Å²) in [6.07, 6.45) is 10.4. The Kier molecular flexibility index (Phi) is 3.83. The molecule has 0 aliphatic heterocycles. The molecule has 0 saturated heterocycles. The highest BCUT2D eigenvalue weighted by Gasteiger charge is 2.21. The first-order chi connectivity index (χ1) is 9.85. The number of rotatable bonds is 5. The highest BCUT2D eigenvalue weighted by molar-refractivity contribution is 7.19. The third-order valence-electron chi connectivity index (χ3n) is 3.73. The van der Waals surface area contributed by atoms with Crippen LogP contribution in [0.3, 0.4) is 0 Å². The van der Waals surface area contributed by atoms with Gasteiger partial charge in [-0.05, 0) is 31.2 Å². The molecule has 3 nitrogen and oxygen atoms in total. The van der Waals surface area contributed by atoms with Crippen LogP contribution in [-0.4, -0.2) is 23.1 Å². The summed E-state index contributed by atoms with van der Waals surface area (Å²) in [5.74, 6) is 1.04. The molecular formula is C16H19N3S. The van der Waals surface area contributed by atoms with Crippen molar-refractivity contribution in [3.05, 3.63) is 42.1 Å². The summed E-state index contributed by atoms with van der Waals surface area (Å²) >= 11 is 1.84. The van der Waals surface area contributed by atoms with E-state index in [0.717, 1.165) is 30.2 Å². The van der Waals surface area contributed by atoms with E-state index in [9.17, 15) is 0 Å². The van der Waals surface area contributed by atoms with Gasteiger partial charge >= 0.3 is 0 Å². The van der Waals surface area contributed by atoms with E-state index in [1.165, 1.54) is 35.1 Å². The SMILES string of the molecule is C=CCN(CC=C)c1ncnc2sc3c(c12)CCCC3. The maximum atomic E-state index is 4.55. The minimum atomic E-state index is 0.781. The molecular weight excluding hydrogens is 266 g/mol. The number of hydrogen-bond acceptors (Lipinski definition) is 4. The number of thiophene rings is 1. The van der Waals surface area contributed by atoms with E-state index >= 15 is 0 Å². The Morgan fingerprint density at radius 1 is 1.15 bits per heavy atom. The van der Waals surface area contributed by atoms with Crippen molar-refractivity contribution in [3.8, 4) is 0 Å². The standard InChI is InChI=1S/C16H19N3S/c1-3-9-19(10-4-2)15-14-12-7-5-6-8-13(12)20-16(14)18-11-17-15/h3-4,11H,1-2,5-10H2. The van der Waals surface area contributed by atoms with Crippen molar-refractivity contribution in [1.29, 1.82) is 0 Å². The van der Waals surface area contributed by atoms with Gasteiger partial charge in [0.1, 0.15) is 17.0 Å². The highest BCUT2D eigenvalue weighted by atomic mass is 32.1. The molecule has 4 heteroatoms. The Balaban J connectivity index is 2.16. The number of fused-ring (bicyclic) bond motifs is 3. The molecule has 2 aromatic rings. The van der Waals surface area contributed by atoms with Crippen LogP contribution in [0, 0.1) is 0 Å². The summed E-state index contributed by atoms with van der Waals surface area (Å²) in [7, 11) is 0. The predicted molar refractivity (Wildman–Crippen MR) is 86.7 cm³/mol. The Bertz CT molecular complexity index is 634. The molecule has 2 heterocycles. The van der Waals surface area contributed by atoms with Crippen LogP contribution in [-0.2, 0) is 12.8 Å². The van der Waals surface area contributed by atoms with Gasteiger partial charge in [-0.3, -0.25) is 0 Å². The molecule has 0 atom stereocenters. The maximum absolute atomic E-state index is 4.55. The van der Waals surface area contributed by atoms with E-state index in [-0.39, 0.29) is 0 Å². The van der Waals surface area contributed by atoms with Crippen molar-refractivity contribution < 1.29 is 0 Å². The lowest BCUT2D eigenvalue weighted by Gasteiger charge is -2.22. The zero-order valence-corrected chi connectivity index (χ0v) is 12.5. The topological polar surface area (TPSA) is 29.0 Å². The van der Waals surface area contributed by atoms with Crippen LogP contribution < -0.4 is 4.90 Å². The zero-order valence-electron chi connectivity index (χ0n) is 11.6. The smallest absolute Gasteiger partial charge is 0.141 e. The van der Waals surface area contributed by atoms with Gasteiger partial charge in [-0.1, -0.05) is 12.2 Å². The van der Waals surface area contributed by atoms with Crippen LogP contribution >= 0.6 is 11.3 Å². The lowest BCUT2D eigenvalue weighted by Crippen LogP contribution is -2.24. The van der Waals surface area contributed by atoms with E-state index in [2.05, 4.69) is 28.0 Å². The molecule has 0 bridgehead atoms. The largest absolute Gasteiger partial charge is 0.349 e. The summed E-state index contributed by atoms with van der Waals surface area (Å²) in [5.41, 5.74) is 1.48. The molecule has 20 heavy (non-hydrogen) atoms. The maximum Gasteiger partial charge on any atom is 0.141 e. The monoisotopic (exact) mass is 285 g/mol. The molecule has 2 aromatic heterocycles. The summed E-state index contributed by atoms with van der Waals surface area (Å²) in [5, 5.41) is 1.26. The van der Waals surface area contributed by atoms with Crippen LogP contribution in [0.1, 0.15) is 23.3 Å². The van der Waals surface area contributed by atoms with Crippen LogP contribution in [0.2, 0.25) is 0 Å². The van der Waals surface area contributed by atoms with Gasteiger partial charge in [0, 0.05) is 18.0 Å². The lowest BCUT2D eigenvalue weighted by molar-refractivity contribution is 0.700. The third-order valence-corrected chi connectivity index (χ3v) is 4.93. The Labute approximate surface area is 123 Å². The van der Waals surface area contributed by atoms with Gasteiger partial charge in [-0.25, -0.2) is 9.97 Å². The van der Waals surface area contributed by atoms with Gasteiger partial charge in [0.2, 0.25) is 0 Å². The quantitative estimate of drug-likeness (QED) is 0.783. The van der Waals surface area contributed by atoms with Crippen molar-refractivity contribution in [2.24, 2.45) is 0 Å². The summed E-state index contributed by atoms with van der Waals surface area (Å²) < 4.78 is 0. The van der Waals surface area contributed by atoms with E-state index in [4.69, 9.17) is 0 Å². The Morgan fingerprint density at radius 2 is 1.90 bits per heavy atom. The first kappa shape index (κ1) is 13.3. The van der Waals surface area contributed by atoms with Crippen molar-refractivity contribution in [2.45, 2.75) is 25.7 Å². The highest BCUT2D eigenvalue weighted by Crippen LogP contribution is 2.39. The minimum Gasteiger partial charge on any atom is -0.349 e. The van der Waals surface area contributed by atoms with Crippen molar-refractivity contribution >= 4 is 27.4 Å². The average Bonchev–Trinajstić information content (AvgIpc) is 2.85. The van der Waals surface area contributed by atoms with Gasteiger partial charge in [0.15, 0.2) is 0 Å². The second kappa shape index (κ2) is 5.75. The molecule has 0 aromatic carbocycles. The normalized spacial score (nSPS) is 14.0. The zero-order chi connectivity index (χ0) is 13.9. The van der Waals surface area contributed by atoms with Crippen LogP contribution in [0.4, 0.5) is 5.82 Å². The fourth-order valence-electron chi connectivity index (χ4n) is 2.87. The molecule has 0 saturated carbocycles. The number of nitrogens with zero attached hydrogens (tertiary/aromatic N) is 3. The molecule has 104 valence electrons. The first-order valence-corrected chi connectivity index (χ1v) is 7.88. The van der Waals surface area contributed by atoms with Crippen molar-refractivity contribution in [1.82, 2.24) is 9.97 Å². The molecule has 0 N–H and O–H groups in total. The molecule has 1 aliphatic rings. The Morgan fingerprint density at radius 3 is 2.65 bits per heavy atom. The lowest BCUT2D eigenvalue weighted by atomic mass is 9.97. The summed E-state index contributed by atoms with van der Waals surface area (Å²) in [6, 6.07) is 0. The predicted octanol–water partition coefficient (Wildman–Crippen LogP) is 3.75. The van der Waals surface area contributed by atoms with Gasteiger partial charge in [-0.15, -0.1) is 24.5 Å². The van der Waals surface area contributed by atoms with Crippen LogP contribution in [0.25, 0.3) is 10.2 Å². The van der Waals surface area contributed by atoms with Gasteiger partial charge < -0.3 is 4.90 Å². The number of aryl methyl sites for hydroxylation is 2. The van der Waals surface area contributed by atoms with Gasteiger partial charge in [0.25, 0.3) is 0 Å². The Hall–Kier alpha value is -1.68. The molecule has 0 radical (unpaired) electrons. The molecule has 3 rings (SSSR count). The molecule has 0 unspecified atom stereocenters. The molecule has 0 spiro atoms. The molecule has 0 fully saturated rings. The van der Waals surface area contributed by atoms with Gasteiger partial charge in [0.05, 0.1) is 5.39 Å². The minimum absolute atomic E-state index is 0.781. The van der Waals surface area contributed by atoms with E-state index in [0.29, 0.717) is 0 Å². The third kappa shape index (κ3) is 2.24. The summed E-state index contributed by atoms with van der Waals surface area (Å²) in [4.78, 5) is 13.9. The van der Waals surface area contributed by atoms with Crippen molar-refractivity contribution in [2.75, 3.05) is 18.0 Å². The summed E-state index contributed by atoms with van der Waals surface area (Å²) in [6.45, 7) is 9.25. The van der Waals surface area contributed by atoms with E-state index < -0.39 is 0 Å². The van der Waals surface area contributed by atoms with E-state index in [1.807, 2.05) is 23.5 Å². The fraction of sp³-hybridized carbons (Fsp3) is 0.375. The molecule has 1 aliphatic carbocycles. The number of aromatic nitrogens is 2. The first-order valence-electron chi connectivity index (χ1n) is 7.07. The van der Waals surface area contributed by atoms with Crippen LogP contribution in [0.15, 0.2) is 31.6 Å². The fourth-order valence-corrected chi connectivity index (χ4v) is 4.10. The second-order valence-electron chi connectivity index (χ2n) is 5.07. The van der Waals surface area contributed by atoms with Crippen LogP contribution in [0.5, 0.6) is 0 Å². The van der Waals surface area contributed by atoms with E-state index in [1.54, 1.807) is 6.33 Å². The van der Waals surface area contributed by atoms with Gasteiger partial charge in [-0.2, -0.15) is 0 Å². The van der Waals surface area contributed by atoms with Crippen molar-refractivity contribution in [3.63, 3.8) is 0 Å². The number of hydrogen-bond donors (Lipinski definition) is 0.